The van der Waals surface area contributed by atoms with Crippen LogP contribution in [0.5, 0.6) is 0 Å². The summed E-state index contributed by atoms with van der Waals surface area (Å²) in [6.45, 7) is 2.10. The minimum absolute atomic E-state index is 0.122. The molecule has 1 unspecified atom stereocenters. The Hall–Kier alpha value is -1.71. The lowest BCUT2D eigenvalue weighted by Crippen LogP contribution is -2.18. The second-order valence-corrected chi connectivity index (χ2v) is 4.23. The van der Waals surface area contributed by atoms with Crippen LogP contribution in [0.15, 0.2) is 24.3 Å². The number of alkyl halides is 1. The zero-order chi connectivity index (χ0) is 13.5. The van der Waals surface area contributed by atoms with E-state index in [-0.39, 0.29) is 5.56 Å². The first-order chi connectivity index (χ1) is 8.56. The van der Waals surface area contributed by atoms with E-state index < -0.39 is 17.9 Å². The number of halogens is 1. The second kappa shape index (κ2) is 6.89. The summed E-state index contributed by atoms with van der Waals surface area (Å²) in [5, 5.41) is 8.47. The summed E-state index contributed by atoms with van der Waals surface area (Å²) >= 11 is 0. The largest absolute Gasteiger partial charge is 0.475 e. The van der Waals surface area contributed by atoms with Crippen LogP contribution < -0.4 is 0 Å². The van der Waals surface area contributed by atoms with Crippen molar-refractivity contribution < 1.29 is 19.1 Å². The number of carbonyl (C=O) groups is 2. The quantitative estimate of drug-likeness (QED) is 0.599. The first-order valence-electron chi connectivity index (χ1n) is 6.06. The van der Waals surface area contributed by atoms with Crippen LogP contribution in [0, 0.1) is 0 Å². The van der Waals surface area contributed by atoms with Crippen LogP contribution >= 0.6 is 0 Å². The van der Waals surface area contributed by atoms with Crippen molar-refractivity contribution in [3.8, 4) is 0 Å². The van der Waals surface area contributed by atoms with E-state index in [0.29, 0.717) is 0 Å². The number of aliphatic carboxylic acids is 1. The van der Waals surface area contributed by atoms with Gasteiger partial charge in [0.15, 0.2) is 6.17 Å². The lowest BCUT2D eigenvalue weighted by atomic mass is 10.0. The van der Waals surface area contributed by atoms with Crippen LogP contribution in [-0.2, 0) is 16.0 Å². The van der Waals surface area contributed by atoms with Gasteiger partial charge < -0.3 is 5.11 Å². The molecule has 1 atom stereocenters. The van der Waals surface area contributed by atoms with Gasteiger partial charge in [0.25, 0.3) is 5.78 Å². The summed E-state index contributed by atoms with van der Waals surface area (Å²) in [7, 11) is 0. The van der Waals surface area contributed by atoms with E-state index in [1.807, 2.05) is 6.07 Å². The Morgan fingerprint density at radius 3 is 2.67 bits per heavy atom. The molecule has 0 aromatic heterocycles. The highest BCUT2D eigenvalue weighted by Gasteiger charge is 2.25. The molecule has 1 aromatic carbocycles. The Morgan fingerprint density at radius 2 is 2.06 bits per heavy atom. The van der Waals surface area contributed by atoms with Crippen molar-refractivity contribution in [1.29, 1.82) is 0 Å². The molecule has 1 aromatic rings. The van der Waals surface area contributed by atoms with Crippen LogP contribution in [0.25, 0.3) is 0 Å². The van der Waals surface area contributed by atoms with Crippen molar-refractivity contribution >= 4 is 11.8 Å². The molecular weight excluding hydrogens is 235 g/mol. The summed E-state index contributed by atoms with van der Waals surface area (Å²) in [6, 6.07) is 6.52. The number of rotatable bonds is 7. The monoisotopic (exact) mass is 252 g/mol. The number of Topliss-reactive ketones (excluding diaryl/α,β-unsaturated/α-hetero) is 1. The topological polar surface area (TPSA) is 54.4 Å². The predicted octanol–water partition coefficient (Wildman–Crippen LogP) is 3.08. The minimum Gasteiger partial charge on any atom is -0.475 e. The molecule has 3 nitrogen and oxygen atoms in total. The molecule has 0 bridgehead atoms. The van der Waals surface area contributed by atoms with Crippen molar-refractivity contribution in [2.24, 2.45) is 0 Å². The lowest BCUT2D eigenvalue weighted by Gasteiger charge is -2.07. The van der Waals surface area contributed by atoms with Crippen LogP contribution in [0.2, 0.25) is 0 Å². The molecule has 0 amide bonds. The van der Waals surface area contributed by atoms with Crippen LogP contribution in [-0.4, -0.2) is 16.9 Å². The molecule has 0 saturated carbocycles. The highest BCUT2D eigenvalue weighted by atomic mass is 19.1. The number of benzene rings is 1. The SMILES string of the molecule is CCCCCc1cccc(C(F)C(=O)C(=O)O)c1. The average Bonchev–Trinajstić information content (AvgIpc) is 2.37. The first kappa shape index (κ1) is 14.4. The number of unbranched alkanes of at least 4 members (excludes halogenated alkanes) is 2. The Bertz CT molecular complexity index is 429. The Balaban J connectivity index is 2.75. The molecule has 98 valence electrons. The summed E-state index contributed by atoms with van der Waals surface area (Å²) in [5.41, 5.74) is 1.05. The molecule has 0 aliphatic heterocycles. The van der Waals surface area contributed by atoms with Crippen molar-refractivity contribution in [1.82, 2.24) is 0 Å². The van der Waals surface area contributed by atoms with E-state index in [2.05, 4.69) is 6.92 Å². The van der Waals surface area contributed by atoms with Crippen LogP contribution in [0.4, 0.5) is 4.39 Å². The number of carboxylic acid groups (broad SMARTS) is 1. The maximum Gasteiger partial charge on any atom is 0.375 e. The van der Waals surface area contributed by atoms with Gasteiger partial charge in [-0.15, -0.1) is 0 Å². The highest BCUT2D eigenvalue weighted by Crippen LogP contribution is 2.20. The fraction of sp³-hybridized carbons (Fsp3) is 0.429. The van der Waals surface area contributed by atoms with Gasteiger partial charge in [-0.25, -0.2) is 9.18 Å². The van der Waals surface area contributed by atoms with Gasteiger partial charge >= 0.3 is 5.97 Å². The van der Waals surface area contributed by atoms with E-state index in [0.717, 1.165) is 31.2 Å². The molecule has 0 saturated heterocycles. The summed E-state index contributed by atoms with van der Waals surface area (Å²) in [6.07, 6.45) is 1.94. The van der Waals surface area contributed by atoms with Gasteiger partial charge in [0.05, 0.1) is 0 Å². The smallest absolute Gasteiger partial charge is 0.375 e. The number of carboxylic acids is 1. The van der Waals surface area contributed by atoms with Crippen molar-refractivity contribution in [2.75, 3.05) is 0 Å². The predicted molar refractivity (Wildman–Crippen MR) is 66.2 cm³/mol. The van der Waals surface area contributed by atoms with E-state index in [1.54, 1.807) is 12.1 Å². The van der Waals surface area contributed by atoms with Crippen LogP contribution in [0.3, 0.4) is 0 Å². The third-order valence-corrected chi connectivity index (χ3v) is 2.75. The van der Waals surface area contributed by atoms with Gasteiger partial charge in [-0.1, -0.05) is 44.0 Å². The first-order valence-corrected chi connectivity index (χ1v) is 6.06. The zero-order valence-corrected chi connectivity index (χ0v) is 10.4. The molecule has 1 N–H and O–H groups in total. The average molecular weight is 252 g/mol. The molecular formula is C14H17FO3. The normalized spacial score (nSPS) is 12.1. The number of carbonyl (C=O) groups excluding carboxylic acids is 1. The molecule has 0 aliphatic rings. The number of ketones is 1. The third kappa shape index (κ3) is 3.95. The molecule has 0 fully saturated rings. The van der Waals surface area contributed by atoms with Gasteiger partial charge in [0.2, 0.25) is 0 Å². The van der Waals surface area contributed by atoms with Crippen molar-refractivity contribution in [2.45, 2.75) is 38.8 Å². The fourth-order valence-electron chi connectivity index (χ4n) is 1.75. The highest BCUT2D eigenvalue weighted by molar-refractivity contribution is 6.34. The molecule has 0 spiro atoms. The molecule has 18 heavy (non-hydrogen) atoms. The van der Waals surface area contributed by atoms with Gasteiger partial charge in [-0.05, 0) is 24.0 Å². The Labute approximate surface area is 106 Å². The van der Waals surface area contributed by atoms with Gasteiger partial charge in [0.1, 0.15) is 0 Å². The van der Waals surface area contributed by atoms with Gasteiger partial charge in [0, 0.05) is 0 Å². The third-order valence-electron chi connectivity index (χ3n) is 2.75. The fourth-order valence-corrected chi connectivity index (χ4v) is 1.75. The minimum atomic E-state index is -2.08. The van der Waals surface area contributed by atoms with Crippen LogP contribution in [0.1, 0.15) is 43.5 Å². The van der Waals surface area contributed by atoms with E-state index in [1.165, 1.54) is 6.07 Å². The second-order valence-electron chi connectivity index (χ2n) is 4.23. The van der Waals surface area contributed by atoms with E-state index in [4.69, 9.17) is 5.11 Å². The standard InChI is InChI=1S/C14H17FO3/c1-2-3-4-6-10-7-5-8-11(9-10)12(15)13(16)14(17)18/h5,7-9,12H,2-4,6H2,1H3,(H,17,18). The zero-order valence-electron chi connectivity index (χ0n) is 10.4. The maximum atomic E-state index is 13.6. The maximum absolute atomic E-state index is 13.6. The molecule has 0 aliphatic carbocycles. The summed E-state index contributed by atoms with van der Waals surface area (Å²) < 4.78 is 13.6. The molecule has 1 rings (SSSR count). The Morgan fingerprint density at radius 1 is 1.33 bits per heavy atom. The summed E-state index contributed by atoms with van der Waals surface area (Å²) in [5.74, 6) is -3.15. The van der Waals surface area contributed by atoms with E-state index >= 15 is 0 Å². The molecule has 0 heterocycles. The Kier molecular flexibility index (Phi) is 5.49. The van der Waals surface area contributed by atoms with Gasteiger partial charge in [-0.2, -0.15) is 0 Å². The van der Waals surface area contributed by atoms with Crippen molar-refractivity contribution in [3.05, 3.63) is 35.4 Å². The molecule has 4 heteroatoms. The van der Waals surface area contributed by atoms with Crippen molar-refractivity contribution in [3.63, 3.8) is 0 Å². The lowest BCUT2D eigenvalue weighted by molar-refractivity contribution is -0.151. The number of aryl methyl sites for hydroxylation is 1. The van der Waals surface area contributed by atoms with E-state index in [9.17, 15) is 14.0 Å². The summed E-state index contributed by atoms with van der Waals surface area (Å²) in [4.78, 5) is 21.5. The number of hydrogen-bond donors (Lipinski definition) is 1. The van der Waals surface area contributed by atoms with Gasteiger partial charge in [-0.3, -0.25) is 4.79 Å². The molecule has 0 radical (unpaired) electrons. The number of hydrogen-bond acceptors (Lipinski definition) is 2.